The Morgan fingerprint density at radius 1 is 1.06 bits per heavy atom. The zero-order valence-corrected chi connectivity index (χ0v) is 22.2. The fraction of sp³-hybridized carbons (Fsp3) is 0.714. The molecule has 0 spiro atoms. The van der Waals surface area contributed by atoms with Gasteiger partial charge in [0.1, 0.15) is 0 Å². The van der Waals surface area contributed by atoms with Crippen molar-refractivity contribution in [3.63, 3.8) is 0 Å². The highest BCUT2D eigenvalue weighted by Crippen LogP contribution is 2.41. The van der Waals surface area contributed by atoms with Gasteiger partial charge >= 0.3 is 5.97 Å². The monoisotopic (exact) mass is 457 g/mol. The van der Waals surface area contributed by atoms with Crippen LogP contribution in [-0.2, 0) is 32.0 Å². The van der Waals surface area contributed by atoms with E-state index in [4.69, 9.17) is 9.47 Å². The Morgan fingerprint density at radius 3 is 2.21 bits per heavy atom. The summed E-state index contributed by atoms with van der Waals surface area (Å²) < 4.78 is 11.6. The molecule has 1 amide bonds. The van der Waals surface area contributed by atoms with Crippen molar-refractivity contribution in [3.05, 3.63) is 33.4 Å². The van der Waals surface area contributed by atoms with Crippen molar-refractivity contribution in [2.24, 2.45) is 5.41 Å². The number of esters is 1. The molecule has 1 heterocycles. The van der Waals surface area contributed by atoms with Crippen LogP contribution in [-0.4, -0.2) is 35.0 Å². The van der Waals surface area contributed by atoms with E-state index in [1.807, 2.05) is 34.6 Å². The SMILES string of the molecule is CCOC(=O)[C@@H](OC(C)(C)C)c1c(C)c(C)c2c(c1C)CC(=O)N(C1CCC(C)(C)CC1)C2. The zero-order chi connectivity index (χ0) is 24.7. The fourth-order valence-corrected chi connectivity index (χ4v) is 5.51. The number of fused-ring (bicyclic) bond motifs is 1. The van der Waals surface area contributed by atoms with Crippen molar-refractivity contribution in [1.29, 1.82) is 0 Å². The maximum Gasteiger partial charge on any atom is 0.339 e. The van der Waals surface area contributed by atoms with Gasteiger partial charge in [-0.05, 0) is 113 Å². The molecule has 1 aliphatic heterocycles. The molecule has 2 aliphatic rings. The van der Waals surface area contributed by atoms with Crippen molar-refractivity contribution in [3.8, 4) is 0 Å². The van der Waals surface area contributed by atoms with E-state index in [1.54, 1.807) is 0 Å². The lowest BCUT2D eigenvalue weighted by molar-refractivity contribution is -0.167. The van der Waals surface area contributed by atoms with Gasteiger partial charge in [0.15, 0.2) is 6.10 Å². The van der Waals surface area contributed by atoms with Gasteiger partial charge < -0.3 is 14.4 Å². The first-order valence-corrected chi connectivity index (χ1v) is 12.5. The van der Waals surface area contributed by atoms with Gasteiger partial charge in [-0.15, -0.1) is 0 Å². The number of benzene rings is 1. The molecule has 1 aromatic rings. The molecule has 1 saturated carbocycles. The van der Waals surface area contributed by atoms with Crippen LogP contribution in [0.5, 0.6) is 0 Å². The Hall–Kier alpha value is -1.88. The smallest absolute Gasteiger partial charge is 0.339 e. The van der Waals surface area contributed by atoms with Gasteiger partial charge in [-0.2, -0.15) is 0 Å². The lowest BCUT2D eigenvalue weighted by Crippen LogP contribution is -2.46. The molecule has 1 atom stereocenters. The molecule has 5 heteroatoms. The topological polar surface area (TPSA) is 55.8 Å². The minimum Gasteiger partial charge on any atom is -0.464 e. The lowest BCUT2D eigenvalue weighted by Gasteiger charge is -2.43. The third-order valence-corrected chi connectivity index (χ3v) is 7.60. The summed E-state index contributed by atoms with van der Waals surface area (Å²) in [5, 5.41) is 0. The highest BCUT2D eigenvalue weighted by Gasteiger charge is 2.38. The molecule has 5 nitrogen and oxygen atoms in total. The number of hydrogen-bond donors (Lipinski definition) is 0. The van der Waals surface area contributed by atoms with Crippen LogP contribution in [0.2, 0.25) is 0 Å². The average Bonchev–Trinajstić information content (AvgIpc) is 2.71. The minimum atomic E-state index is -0.803. The van der Waals surface area contributed by atoms with E-state index >= 15 is 0 Å². The molecule has 0 N–H and O–H groups in total. The van der Waals surface area contributed by atoms with Gasteiger partial charge in [0.25, 0.3) is 0 Å². The van der Waals surface area contributed by atoms with Gasteiger partial charge in [0, 0.05) is 12.6 Å². The van der Waals surface area contributed by atoms with Crippen molar-refractivity contribution in [2.75, 3.05) is 6.61 Å². The summed E-state index contributed by atoms with van der Waals surface area (Å²) in [5.41, 5.74) is 6.25. The van der Waals surface area contributed by atoms with Crippen molar-refractivity contribution in [2.45, 2.75) is 119 Å². The number of rotatable bonds is 5. The number of carbonyl (C=O) groups is 2. The number of amides is 1. The summed E-state index contributed by atoms with van der Waals surface area (Å²) in [6.07, 6.45) is 4.06. The van der Waals surface area contributed by atoms with Crippen LogP contribution in [0.25, 0.3) is 0 Å². The summed E-state index contributed by atoms with van der Waals surface area (Å²) in [4.78, 5) is 28.4. The average molecular weight is 458 g/mol. The molecule has 0 radical (unpaired) electrons. The largest absolute Gasteiger partial charge is 0.464 e. The van der Waals surface area contributed by atoms with Gasteiger partial charge in [0.05, 0.1) is 18.6 Å². The van der Waals surface area contributed by atoms with E-state index in [0.29, 0.717) is 31.0 Å². The van der Waals surface area contributed by atoms with Crippen LogP contribution in [0.3, 0.4) is 0 Å². The molecule has 1 aromatic carbocycles. The number of ether oxygens (including phenoxy) is 2. The van der Waals surface area contributed by atoms with E-state index < -0.39 is 11.7 Å². The van der Waals surface area contributed by atoms with E-state index in [2.05, 4.69) is 32.6 Å². The molecule has 33 heavy (non-hydrogen) atoms. The number of hydrogen-bond acceptors (Lipinski definition) is 4. The molecule has 3 rings (SSSR count). The van der Waals surface area contributed by atoms with Gasteiger partial charge in [-0.1, -0.05) is 13.8 Å². The molecule has 184 valence electrons. The second-order valence-electron chi connectivity index (χ2n) is 11.7. The first-order valence-electron chi connectivity index (χ1n) is 12.5. The standard InChI is InChI=1S/C28H43NO4/c1-10-32-26(31)25(33-27(5,6)7)24-18(3)17(2)22-16-29(23(30)15-21(22)19(24)4)20-11-13-28(8,9)14-12-20/h20,25H,10-16H2,1-9H3/t25-/m0/s1. The molecule has 0 aromatic heterocycles. The van der Waals surface area contributed by atoms with E-state index in [0.717, 1.165) is 53.5 Å². The quantitative estimate of drug-likeness (QED) is 0.518. The van der Waals surface area contributed by atoms with Gasteiger partial charge in [0.2, 0.25) is 5.91 Å². The predicted octanol–water partition coefficient (Wildman–Crippen LogP) is 5.88. The van der Waals surface area contributed by atoms with Crippen LogP contribution in [0.1, 0.15) is 107 Å². The normalized spacial score (nSPS) is 19.9. The highest BCUT2D eigenvalue weighted by molar-refractivity contribution is 5.84. The Kier molecular flexibility index (Phi) is 7.33. The molecule has 0 bridgehead atoms. The Morgan fingerprint density at radius 2 is 1.67 bits per heavy atom. The van der Waals surface area contributed by atoms with Crippen molar-refractivity contribution >= 4 is 11.9 Å². The zero-order valence-electron chi connectivity index (χ0n) is 22.2. The summed E-state index contributed by atoms with van der Waals surface area (Å²) in [5.74, 6) is -0.166. The fourth-order valence-electron chi connectivity index (χ4n) is 5.51. The Labute approximate surface area is 200 Å². The molecule has 0 unspecified atom stereocenters. The minimum absolute atomic E-state index is 0.203. The summed E-state index contributed by atoms with van der Waals surface area (Å²) in [7, 11) is 0. The van der Waals surface area contributed by atoms with Crippen LogP contribution in [0.15, 0.2) is 0 Å². The molecular weight excluding hydrogens is 414 g/mol. The molecule has 0 saturated heterocycles. The molecule has 1 aliphatic carbocycles. The number of nitrogens with zero attached hydrogens (tertiary/aromatic N) is 1. The third-order valence-electron chi connectivity index (χ3n) is 7.60. The second-order valence-corrected chi connectivity index (χ2v) is 11.7. The third kappa shape index (κ3) is 5.45. The van der Waals surface area contributed by atoms with Crippen molar-refractivity contribution in [1.82, 2.24) is 4.90 Å². The van der Waals surface area contributed by atoms with Crippen LogP contribution >= 0.6 is 0 Å². The maximum absolute atomic E-state index is 13.3. The first-order chi connectivity index (χ1) is 15.3. The van der Waals surface area contributed by atoms with E-state index in [-0.39, 0.29) is 11.9 Å². The Bertz CT molecular complexity index is 915. The molecular formula is C28H43NO4. The first kappa shape index (κ1) is 25.7. The predicted molar refractivity (Wildman–Crippen MR) is 131 cm³/mol. The number of carbonyl (C=O) groups excluding carboxylic acids is 2. The van der Waals surface area contributed by atoms with Crippen LogP contribution in [0.4, 0.5) is 0 Å². The van der Waals surface area contributed by atoms with E-state index in [9.17, 15) is 9.59 Å². The van der Waals surface area contributed by atoms with Crippen LogP contribution < -0.4 is 0 Å². The Balaban J connectivity index is 2.01. The molecule has 1 fully saturated rings. The summed E-state index contributed by atoms with van der Waals surface area (Å²) in [6, 6.07) is 0.329. The van der Waals surface area contributed by atoms with Crippen molar-refractivity contribution < 1.29 is 19.1 Å². The lowest BCUT2D eigenvalue weighted by atomic mass is 9.74. The maximum atomic E-state index is 13.3. The van der Waals surface area contributed by atoms with Crippen LogP contribution in [0, 0.1) is 26.2 Å². The highest BCUT2D eigenvalue weighted by atomic mass is 16.6. The van der Waals surface area contributed by atoms with Gasteiger partial charge in [-0.25, -0.2) is 4.79 Å². The second kappa shape index (κ2) is 9.40. The van der Waals surface area contributed by atoms with E-state index in [1.165, 1.54) is 5.56 Å². The van der Waals surface area contributed by atoms with Gasteiger partial charge in [-0.3, -0.25) is 4.79 Å². The summed E-state index contributed by atoms with van der Waals surface area (Å²) in [6.45, 7) is 19.5. The summed E-state index contributed by atoms with van der Waals surface area (Å²) >= 11 is 0.